The molecule has 4 aromatic carbocycles. The molecule has 2 unspecified atom stereocenters. The topological polar surface area (TPSA) is 183 Å². The summed E-state index contributed by atoms with van der Waals surface area (Å²) in [4.78, 5) is 53.8. The number of rotatable bonds is 6. The van der Waals surface area contributed by atoms with Crippen LogP contribution >= 0.6 is 0 Å². The van der Waals surface area contributed by atoms with Crippen molar-refractivity contribution >= 4 is 34.5 Å². The number of hydrogen-bond donors (Lipinski definition) is 5. The van der Waals surface area contributed by atoms with Crippen molar-refractivity contribution in [2.45, 2.75) is 38.5 Å². The Morgan fingerprint density at radius 2 is 1.43 bits per heavy atom. The molecule has 1 fully saturated rings. The lowest BCUT2D eigenvalue weighted by Gasteiger charge is -2.24. The van der Waals surface area contributed by atoms with E-state index in [1.807, 2.05) is 0 Å². The summed E-state index contributed by atoms with van der Waals surface area (Å²) in [6.45, 7) is 4.87. The van der Waals surface area contributed by atoms with Gasteiger partial charge < -0.3 is 40.1 Å². The van der Waals surface area contributed by atoms with E-state index in [4.69, 9.17) is 9.47 Å². The monoisotopic (exact) mass is 628 g/mol. The van der Waals surface area contributed by atoms with Crippen LogP contribution < -0.4 is 5.32 Å². The summed E-state index contributed by atoms with van der Waals surface area (Å²) >= 11 is 0. The van der Waals surface area contributed by atoms with Crippen LogP contribution in [-0.2, 0) is 9.47 Å². The second-order valence-electron chi connectivity index (χ2n) is 11.9. The molecule has 0 bridgehead atoms. The van der Waals surface area contributed by atoms with E-state index in [0.29, 0.717) is 10.8 Å². The Labute approximate surface area is 263 Å². The number of amides is 2. The number of benzene rings is 4. The number of hydrogen-bond acceptors (Lipinski definition) is 10. The van der Waals surface area contributed by atoms with Gasteiger partial charge in [0.05, 0.1) is 23.7 Å². The van der Waals surface area contributed by atoms with Gasteiger partial charge in [0.2, 0.25) is 5.78 Å². The maximum Gasteiger partial charge on any atom is 0.410 e. The molecule has 0 aromatic heterocycles. The van der Waals surface area contributed by atoms with Crippen LogP contribution in [0.3, 0.4) is 0 Å². The molecule has 2 amide bonds. The van der Waals surface area contributed by atoms with Crippen LogP contribution in [-0.4, -0.2) is 79.9 Å². The number of phenols is 4. The molecule has 4 aromatic rings. The highest BCUT2D eigenvalue weighted by molar-refractivity contribution is 6.20. The minimum atomic E-state index is -1.07. The maximum absolute atomic E-state index is 13.5. The van der Waals surface area contributed by atoms with E-state index < -0.39 is 58.6 Å². The number of nitrogens with one attached hydrogen (secondary N) is 1. The Hall–Kier alpha value is -5.78. The summed E-state index contributed by atoms with van der Waals surface area (Å²) in [7, 11) is 0. The summed E-state index contributed by atoms with van der Waals surface area (Å²) in [5, 5.41) is 45.4. The van der Waals surface area contributed by atoms with Gasteiger partial charge in [-0.1, -0.05) is 30.3 Å². The standard InChI is InChI=1S/C34H32N2O10/c1-34(2,3)46-33(44)36-16-23(35-31(42)19-8-11-21(37)12-9-19)27(17-36)45-32(43)20-14-25(39)29(26(40)15-20)30(41)28-22-7-5-4-6-18(22)10-13-24(28)38/h4-15,23,27,37-40H,16-17H2,1-3H3,(H,35,42). The summed E-state index contributed by atoms with van der Waals surface area (Å²) in [5.74, 6) is -4.29. The molecule has 0 radical (unpaired) electrons. The van der Waals surface area contributed by atoms with E-state index in [9.17, 15) is 39.6 Å². The van der Waals surface area contributed by atoms with Gasteiger partial charge in [-0.25, -0.2) is 9.59 Å². The molecular weight excluding hydrogens is 596 g/mol. The number of likely N-dealkylation sites (tertiary alicyclic amines) is 1. The first-order chi connectivity index (χ1) is 21.7. The van der Waals surface area contributed by atoms with Crippen molar-refractivity contribution in [3.05, 3.63) is 95.1 Å². The number of esters is 1. The first-order valence-corrected chi connectivity index (χ1v) is 14.3. The number of carbonyl (C=O) groups is 4. The van der Waals surface area contributed by atoms with Crippen LogP contribution in [0.1, 0.15) is 57.4 Å². The highest BCUT2D eigenvalue weighted by Crippen LogP contribution is 2.36. The van der Waals surface area contributed by atoms with Crippen LogP contribution in [0.2, 0.25) is 0 Å². The Balaban J connectivity index is 1.39. The lowest BCUT2D eigenvalue weighted by molar-refractivity contribution is 0.0177. The molecule has 0 aliphatic carbocycles. The Kier molecular flexibility index (Phi) is 8.47. The summed E-state index contributed by atoms with van der Waals surface area (Å²) < 4.78 is 11.1. The number of nitrogens with zero attached hydrogens (tertiary/aromatic N) is 1. The molecule has 1 saturated heterocycles. The third kappa shape index (κ3) is 6.65. The average molecular weight is 629 g/mol. The number of carbonyl (C=O) groups excluding carboxylic acids is 4. The summed E-state index contributed by atoms with van der Waals surface area (Å²) in [5.41, 5.74) is -1.58. The second-order valence-corrected chi connectivity index (χ2v) is 11.9. The van der Waals surface area contributed by atoms with Crippen molar-refractivity contribution in [3.63, 3.8) is 0 Å². The van der Waals surface area contributed by atoms with Gasteiger partial charge in [0, 0.05) is 12.1 Å². The summed E-state index contributed by atoms with van der Waals surface area (Å²) in [6.07, 6.45) is -1.76. The minimum absolute atomic E-state index is 0.0338. The van der Waals surface area contributed by atoms with Gasteiger partial charge in [-0.15, -0.1) is 0 Å². The average Bonchev–Trinajstić information content (AvgIpc) is 3.38. The molecule has 1 aliphatic rings. The third-order valence-corrected chi connectivity index (χ3v) is 7.32. The molecule has 5 N–H and O–H groups in total. The second kappa shape index (κ2) is 12.3. The predicted molar refractivity (Wildman–Crippen MR) is 165 cm³/mol. The smallest absolute Gasteiger partial charge is 0.410 e. The highest BCUT2D eigenvalue weighted by atomic mass is 16.6. The number of ether oxygens (including phenoxy) is 2. The van der Waals surface area contributed by atoms with Gasteiger partial charge in [-0.2, -0.15) is 0 Å². The minimum Gasteiger partial charge on any atom is -0.508 e. The van der Waals surface area contributed by atoms with E-state index in [-0.39, 0.29) is 41.3 Å². The largest absolute Gasteiger partial charge is 0.508 e. The molecule has 1 aliphatic heterocycles. The van der Waals surface area contributed by atoms with E-state index in [0.717, 1.165) is 12.1 Å². The fourth-order valence-corrected chi connectivity index (χ4v) is 5.16. The van der Waals surface area contributed by atoms with Gasteiger partial charge in [-0.3, -0.25) is 9.59 Å². The van der Waals surface area contributed by atoms with Crippen molar-refractivity contribution in [1.82, 2.24) is 10.2 Å². The van der Waals surface area contributed by atoms with Crippen molar-refractivity contribution in [2.24, 2.45) is 0 Å². The lowest BCUT2D eigenvalue weighted by Crippen LogP contribution is -2.44. The van der Waals surface area contributed by atoms with Gasteiger partial charge in [0.25, 0.3) is 5.91 Å². The number of fused-ring (bicyclic) bond motifs is 1. The molecule has 46 heavy (non-hydrogen) atoms. The molecule has 2 atom stereocenters. The lowest BCUT2D eigenvalue weighted by atomic mass is 9.94. The molecule has 0 spiro atoms. The molecule has 12 heteroatoms. The first-order valence-electron chi connectivity index (χ1n) is 14.3. The molecule has 238 valence electrons. The van der Waals surface area contributed by atoms with Crippen LogP contribution in [0.5, 0.6) is 23.0 Å². The fourth-order valence-electron chi connectivity index (χ4n) is 5.16. The zero-order valence-electron chi connectivity index (χ0n) is 25.2. The summed E-state index contributed by atoms with van der Waals surface area (Å²) in [6, 6.07) is 16.2. The predicted octanol–water partition coefficient (Wildman–Crippen LogP) is 4.47. The molecular formula is C34H32N2O10. The Bertz CT molecular complexity index is 1820. The van der Waals surface area contributed by atoms with Crippen molar-refractivity contribution in [1.29, 1.82) is 0 Å². The van der Waals surface area contributed by atoms with E-state index >= 15 is 0 Å². The molecule has 0 saturated carbocycles. The highest BCUT2D eigenvalue weighted by Gasteiger charge is 2.41. The number of aromatic hydroxyl groups is 4. The molecule has 5 rings (SSSR count). The fraction of sp³-hybridized carbons (Fsp3) is 0.235. The van der Waals surface area contributed by atoms with E-state index in [2.05, 4.69) is 5.32 Å². The molecule has 1 heterocycles. The quantitative estimate of drug-likeness (QED) is 0.151. The van der Waals surface area contributed by atoms with Gasteiger partial charge in [-0.05, 0) is 74.0 Å². The van der Waals surface area contributed by atoms with Crippen molar-refractivity contribution in [2.75, 3.05) is 13.1 Å². The van der Waals surface area contributed by atoms with E-state index in [1.54, 1.807) is 51.1 Å². The van der Waals surface area contributed by atoms with Crippen LogP contribution in [0, 0.1) is 0 Å². The van der Waals surface area contributed by atoms with Gasteiger partial charge >= 0.3 is 12.1 Å². The number of phenolic OH excluding ortho intramolecular Hbond substituents is 4. The number of ketones is 1. The van der Waals surface area contributed by atoms with Crippen molar-refractivity contribution in [3.8, 4) is 23.0 Å². The van der Waals surface area contributed by atoms with Crippen LogP contribution in [0.15, 0.2) is 72.8 Å². The third-order valence-electron chi connectivity index (χ3n) is 7.32. The van der Waals surface area contributed by atoms with Gasteiger partial charge in [0.15, 0.2) is 0 Å². The maximum atomic E-state index is 13.5. The van der Waals surface area contributed by atoms with Gasteiger partial charge in [0.1, 0.15) is 40.3 Å². The first kappa shape index (κ1) is 31.6. The Morgan fingerprint density at radius 3 is 2.09 bits per heavy atom. The SMILES string of the molecule is CC(C)(C)OC(=O)N1CC(NC(=O)c2ccc(O)cc2)C(OC(=O)c2cc(O)c(C(=O)c3c(O)ccc4ccccc34)c(O)c2)C1. The van der Waals surface area contributed by atoms with Crippen LogP contribution in [0.25, 0.3) is 10.8 Å². The normalized spacial score (nSPS) is 16.2. The molecule has 12 nitrogen and oxygen atoms in total. The van der Waals surface area contributed by atoms with Crippen LogP contribution in [0.4, 0.5) is 4.79 Å². The Morgan fingerprint density at radius 1 is 0.783 bits per heavy atom. The zero-order chi connectivity index (χ0) is 33.3. The van der Waals surface area contributed by atoms with E-state index in [1.165, 1.54) is 35.2 Å². The van der Waals surface area contributed by atoms with Crippen molar-refractivity contribution < 1.29 is 49.1 Å². The zero-order valence-corrected chi connectivity index (χ0v) is 25.2.